The van der Waals surface area contributed by atoms with Gasteiger partial charge in [-0.25, -0.2) is 0 Å². The second kappa shape index (κ2) is 12.9. The van der Waals surface area contributed by atoms with Crippen LogP contribution in [0.1, 0.15) is 39.5 Å². The Bertz CT molecular complexity index is 1190. The highest BCUT2D eigenvalue weighted by Gasteiger charge is 2.11. The van der Waals surface area contributed by atoms with Gasteiger partial charge in [0.15, 0.2) is 0 Å². The molecule has 4 aromatic carbocycles. The zero-order valence-corrected chi connectivity index (χ0v) is 19.0. The number of phenolic OH excluding ortho intramolecular Hbond substituents is 1. The Morgan fingerprint density at radius 1 is 0.636 bits per heavy atom. The lowest BCUT2D eigenvalue weighted by molar-refractivity contribution is -0.138. The summed E-state index contributed by atoms with van der Waals surface area (Å²) in [6, 6.07) is 26.4. The molecule has 5 heteroatoms. The lowest BCUT2D eigenvalue weighted by Gasteiger charge is -2.12. The maximum Gasteiger partial charge on any atom is 0.303 e. The Morgan fingerprint density at radius 3 is 1.64 bits per heavy atom. The summed E-state index contributed by atoms with van der Waals surface area (Å²) in [7, 11) is 0. The highest BCUT2D eigenvalue weighted by molar-refractivity contribution is 6.07. The van der Waals surface area contributed by atoms with Crippen molar-refractivity contribution in [2.75, 3.05) is 0 Å². The lowest BCUT2D eigenvalue weighted by Crippen LogP contribution is -1.90. The van der Waals surface area contributed by atoms with Crippen molar-refractivity contribution >= 4 is 33.5 Å². The summed E-state index contributed by atoms with van der Waals surface area (Å²) < 4.78 is 0. The Hall–Kier alpha value is -3.86. The molecule has 0 aliphatic carbocycles. The first-order chi connectivity index (χ1) is 15.9. The van der Waals surface area contributed by atoms with Crippen molar-refractivity contribution in [3.05, 3.63) is 78.9 Å². The molecule has 0 heterocycles. The predicted octanol–water partition coefficient (Wildman–Crippen LogP) is 7.11. The SMILES string of the molecule is CCCC(=O)O.CCCC(=O)O.Oc1ccc2ccccc2c1-c1cccc2ccccc12. The summed E-state index contributed by atoms with van der Waals surface area (Å²) in [5, 5.41) is 30.8. The van der Waals surface area contributed by atoms with Crippen molar-refractivity contribution in [2.45, 2.75) is 39.5 Å². The van der Waals surface area contributed by atoms with Gasteiger partial charge < -0.3 is 15.3 Å². The number of carboxylic acid groups (broad SMARTS) is 2. The first-order valence-electron chi connectivity index (χ1n) is 11.0. The van der Waals surface area contributed by atoms with Crippen LogP contribution in [-0.2, 0) is 9.59 Å². The number of rotatable bonds is 5. The van der Waals surface area contributed by atoms with Crippen LogP contribution >= 0.6 is 0 Å². The van der Waals surface area contributed by atoms with Gasteiger partial charge in [-0.15, -0.1) is 0 Å². The van der Waals surface area contributed by atoms with Crippen molar-refractivity contribution in [3.63, 3.8) is 0 Å². The molecule has 0 atom stereocenters. The number of aromatic hydroxyl groups is 1. The quantitative estimate of drug-likeness (QED) is 0.304. The van der Waals surface area contributed by atoms with Crippen LogP contribution in [0.4, 0.5) is 0 Å². The molecule has 0 unspecified atom stereocenters. The minimum atomic E-state index is -0.711. The smallest absolute Gasteiger partial charge is 0.303 e. The van der Waals surface area contributed by atoms with Crippen LogP contribution in [-0.4, -0.2) is 27.3 Å². The minimum absolute atomic E-state index is 0.292. The van der Waals surface area contributed by atoms with Crippen LogP contribution < -0.4 is 0 Å². The van der Waals surface area contributed by atoms with E-state index in [1.165, 1.54) is 5.39 Å². The summed E-state index contributed by atoms with van der Waals surface area (Å²) in [5.41, 5.74) is 1.98. The van der Waals surface area contributed by atoms with E-state index in [-0.39, 0.29) is 0 Å². The van der Waals surface area contributed by atoms with E-state index in [4.69, 9.17) is 10.2 Å². The van der Waals surface area contributed by atoms with Gasteiger partial charge in [-0.1, -0.05) is 86.6 Å². The van der Waals surface area contributed by atoms with Crippen LogP contribution in [0.2, 0.25) is 0 Å². The molecule has 5 nitrogen and oxygen atoms in total. The third kappa shape index (κ3) is 7.35. The van der Waals surface area contributed by atoms with Gasteiger partial charge in [0.25, 0.3) is 0 Å². The van der Waals surface area contributed by atoms with Crippen LogP contribution in [0.5, 0.6) is 5.75 Å². The summed E-state index contributed by atoms with van der Waals surface area (Å²) in [6.45, 7) is 3.68. The molecule has 0 saturated carbocycles. The summed E-state index contributed by atoms with van der Waals surface area (Å²) in [6.07, 6.45) is 2.05. The largest absolute Gasteiger partial charge is 0.507 e. The first kappa shape index (κ1) is 25.4. The van der Waals surface area contributed by atoms with E-state index in [2.05, 4.69) is 36.4 Å². The molecule has 0 aliphatic heterocycles. The summed E-state index contributed by atoms with van der Waals surface area (Å²) in [5.74, 6) is -1.10. The van der Waals surface area contributed by atoms with Gasteiger partial charge in [0.1, 0.15) is 5.75 Å². The fourth-order valence-corrected chi connectivity index (χ4v) is 3.41. The van der Waals surface area contributed by atoms with Crippen molar-refractivity contribution in [2.24, 2.45) is 0 Å². The number of hydrogen-bond acceptors (Lipinski definition) is 3. The van der Waals surface area contributed by atoms with Gasteiger partial charge in [0.2, 0.25) is 0 Å². The van der Waals surface area contributed by atoms with E-state index in [0.717, 1.165) is 40.1 Å². The molecule has 33 heavy (non-hydrogen) atoms. The Labute approximate surface area is 193 Å². The molecule has 0 saturated heterocycles. The Kier molecular flexibility index (Phi) is 9.90. The molecular weight excluding hydrogens is 416 g/mol. The average Bonchev–Trinajstić information content (AvgIpc) is 2.79. The van der Waals surface area contributed by atoms with Crippen molar-refractivity contribution in [3.8, 4) is 16.9 Å². The van der Waals surface area contributed by atoms with Gasteiger partial charge in [-0.3, -0.25) is 9.59 Å². The van der Waals surface area contributed by atoms with Crippen molar-refractivity contribution < 1.29 is 24.9 Å². The molecule has 0 aromatic heterocycles. The van der Waals surface area contributed by atoms with Gasteiger partial charge >= 0.3 is 11.9 Å². The maximum atomic E-state index is 10.4. The van der Waals surface area contributed by atoms with Crippen LogP contribution in [0.25, 0.3) is 32.7 Å². The first-order valence-corrected chi connectivity index (χ1v) is 11.0. The molecule has 0 bridgehead atoms. The van der Waals surface area contributed by atoms with Crippen LogP contribution in [0.15, 0.2) is 78.9 Å². The molecule has 0 radical (unpaired) electrons. The highest BCUT2D eigenvalue weighted by atomic mass is 16.4. The standard InChI is InChI=1S/C20H14O.2C4H8O2/c21-19-13-12-15-7-2-4-10-17(15)20(19)18-11-5-8-14-6-1-3-9-16(14)18;2*1-2-3-4(5)6/h1-13,21H;2*2-3H2,1H3,(H,5,6). The molecular formula is C28H30O5. The molecule has 0 fully saturated rings. The molecule has 3 N–H and O–H groups in total. The maximum absolute atomic E-state index is 10.4. The molecule has 4 aromatic rings. The third-order valence-corrected chi connectivity index (χ3v) is 4.89. The summed E-state index contributed by atoms with van der Waals surface area (Å²) >= 11 is 0. The molecule has 0 aliphatic rings. The molecule has 172 valence electrons. The number of benzene rings is 4. The average molecular weight is 447 g/mol. The van der Waals surface area contributed by atoms with Crippen molar-refractivity contribution in [1.29, 1.82) is 0 Å². The molecule has 0 amide bonds. The minimum Gasteiger partial charge on any atom is -0.507 e. The van der Waals surface area contributed by atoms with Gasteiger partial charge in [-0.05, 0) is 46.0 Å². The Balaban J connectivity index is 0.000000269. The second-order valence-corrected chi connectivity index (χ2v) is 7.50. The second-order valence-electron chi connectivity index (χ2n) is 7.50. The highest BCUT2D eigenvalue weighted by Crippen LogP contribution is 2.39. The predicted molar refractivity (Wildman–Crippen MR) is 134 cm³/mol. The van der Waals surface area contributed by atoms with Crippen molar-refractivity contribution in [1.82, 2.24) is 0 Å². The molecule has 4 rings (SSSR count). The van der Waals surface area contributed by atoms with E-state index in [1.54, 1.807) is 6.07 Å². The van der Waals surface area contributed by atoms with Crippen LogP contribution in [0, 0.1) is 0 Å². The number of fused-ring (bicyclic) bond motifs is 2. The van der Waals surface area contributed by atoms with E-state index < -0.39 is 11.9 Å². The Morgan fingerprint density at radius 2 is 1.12 bits per heavy atom. The lowest BCUT2D eigenvalue weighted by atomic mass is 9.93. The van der Waals surface area contributed by atoms with E-state index in [1.807, 2.05) is 50.2 Å². The fourth-order valence-electron chi connectivity index (χ4n) is 3.41. The van der Waals surface area contributed by atoms with Gasteiger partial charge in [0, 0.05) is 18.4 Å². The number of phenols is 1. The van der Waals surface area contributed by atoms with E-state index >= 15 is 0 Å². The summed E-state index contributed by atoms with van der Waals surface area (Å²) in [4.78, 5) is 19.2. The number of carboxylic acids is 2. The zero-order valence-electron chi connectivity index (χ0n) is 19.0. The zero-order chi connectivity index (χ0) is 24.2. The van der Waals surface area contributed by atoms with Crippen LogP contribution in [0.3, 0.4) is 0 Å². The van der Waals surface area contributed by atoms with E-state index in [0.29, 0.717) is 18.6 Å². The third-order valence-electron chi connectivity index (χ3n) is 4.89. The monoisotopic (exact) mass is 446 g/mol. The number of aliphatic carboxylic acids is 2. The molecule has 0 spiro atoms. The number of carbonyl (C=O) groups is 2. The normalized spacial score (nSPS) is 10.0. The van der Waals surface area contributed by atoms with E-state index in [9.17, 15) is 14.7 Å². The topological polar surface area (TPSA) is 94.8 Å². The fraction of sp³-hybridized carbons (Fsp3) is 0.214. The number of hydrogen-bond donors (Lipinski definition) is 3. The van der Waals surface area contributed by atoms with Gasteiger partial charge in [-0.2, -0.15) is 0 Å². The van der Waals surface area contributed by atoms with Gasteiger partial charge in [0.05, 0.1) is 0 Å².